The lowest BCUT2D eigenvalue weighted by Crippen LogP contribution is -2.31. The van der Waals surface area contributed by atoms with Crippen molar-refractivity contribution in [3.8, 4) is 0 Å². The maximum absolute atomic E-state index is 12.1. The highest BCUT2D eigenvalue weighted by Crippen LogP contribution is 2.37. The first-order valence-electron chi connectivity index (χ1n) is 5.29. The van der Waals surface area contributed by atoms with Crippen LogP contribution in [0.25, 0.3) is 0 Å². The topological polar surface area (TPSA) is 29.5 Å². The molecule has 1 aliphatic rings. The van der Waals surface area contributed by atoms with Gasteiger partial charge in [-0.3, -0.25) is 9.63 Å². The van der Waals surface area contributed by atoms with E-state index < -0.39 is 11.0 Å². The van der Waals surface area contributed by atoms with Gasteiger partial charge in [-0.1, -0.05) is 45.7 Å². The lowest BCUT2D eigenvalue weighted by atomic mass is 9.94. The largest absolute Gasteiger partial charge is 0.272 e. The number of halogens is 2. The minimum absolute atomic E-state index is 0.0896. The van der Waals surface area contributed by atoms with Crippen molar-refractivity contribution in [3.63, 3.8) is 0 Å². The fourth-order valence-electron chi connectivity index (χ4n) is 1.60. The highest BCUT2D eigenvalue weighted by Gasteiger charge is 2.48. The molecule has 1 atom stereocenters. The predicted octanol–water partition coefficient (Wildman–Crippen LogP) is 3.31. The number of carbonyl (C=O) groups is 1. The summed E-state index contributed by atoms with van der Waals surface area (Å²) in [6, 6.07) is 7.72. The quantitative estimate of drug-likeness (QED) is 0.783. The minimum Gasteiger partial charge on any atom is -0.272 e. The maximum atomic E-state index is 12.1. The molecule has 1 aliphatic heterocycles. The normalized spacial score (nSPS) is 23.2. The van der Waals surface area contributed by atoms with E-state index in [9.17, 15) is 4.79 Å². The summed E-state index contributed by atoms with van der Waals surface area (Å²) >= 11 is 9.44. The molecule has 92 valence electrons. The molecule has 1 fully saturated rings. The van der Waals surface area contributed by atoms with Crippen molar-refractivity contribution in [2.24, 2.45) is 5.41 Å². The molecule has 0 saturated carbocycles. The third kappa shape index (κ3) is 2.34. The Kier molecular flexibility index (Phi) is 3.48. The average Bonchev–Trinajstić information content (AvgIpc) is 2.46. The summed E-state index contributed by atoms with van der Waals surface area (Å²) in [4.78, 5) is 17.4. The monoisotopic (exact) mass is 317 g/mol. The summed E-state index contributed by atoms with van der Waals surface area (Å²) < 4.78 is 0.951. The van der Waals surface area contributed by atoms with E-state index in [-0.39, 0.29) is 5.91 Å². The highest BCUT2D eigenvalue weighted by molar-refractivity contribution is 9.10. The van der Waals surface area contributed by atoms with E-state index in [0.29, 0.717) is 6.54 Å². The van der Waals surface area contributed by atoms with Gasteiger partial charge in [-0.25, -0.2) is 5.06 Å². The lowest BCUT2D eigenvalue weighted by Gasteiger charge is -2.16. The summed E-state index contributed by atoms with van der Waals surface area (Å²) in [7, 11) is 0. The van der Waals surface area contributed by atoms with Crippen LogP contribution in [-0.4, -0.2) is 16.5 Å². The van der Waals surface area contributed by atoms with Crippen LogP contribution in [0.4, 0.5) is 0 Å². The molecular weight excluding hydrogens is 305 g/mol. The molecule has 0 N–H and O–H groups in total. The van der Waals surface area contributed by atoms with E-state index >= 15 is 0 Å². The third-order valence-electron chi connectivity index (χ3n) is 2.84. The second-order valence-corrected chi connectivity index (χ2v) is 5.83. The Hall–Kier alpha value is -0.580. The average molecular weight is 319 g/mol. The van der Waals surface area contributed by atoms with Crippen molar-refractivity contribution in [1.82, 2.24) is 5.06 Å². The van der Waals surface area contributed by atoms with Gasteiger partial charge in [0, 0.05) is 4.47 Å². The van der Waals surface area contributed by atoms with Crippen LogP contribution in [0.2, 0.25) is 0 Å². The Morgan fingerprint density at radius 1 is 1.47 bits per heavy atom. The number of hydrogen-bond donors (Lipinski definition) is 0. The van der Waals surface area contributed by atoms with E-state index in [4.69, 9.17) is 16.4 Å². The molecule has 1 unspecified atom stereocenters. The van der Waals surface area contributed by atoms with Crippen LogP contribution in [0.15, 0.2) is 28.7 Å². The third-order valence-corrected chi connectivity index (χ3v) is 4.24. The van der Waals surface area contributed by atoms with Crippen molar-refractivity contribution in [2.45, 2.75) is 26.0 Å². The molecule has 1 amide bonds. The molecular formula is C12H13BrClNO2. The Bertz CT molecular complexity index is 450. The number of nitrogens with zero attached hydrogens (tertiary/aromatic N) is 1. The molecule has 0 bridgehead atoms. The van der Waals surface area contributed by atoms with Crippen LogP contribution < -0.4 is 0 Å². The van der Waals surface area contributed by atoms with Crippen molar-refractivity contribution >= 4 is 33.4 Å². The van der Waals surface area contributed by atoms with Crippen molar-refractivity contribution in [1.29, 1.82) is 0 Å². The molecule has 0 spiro atoms. The molecule has 5 heteroatoms. The SMILES string of the molecule is CC1(C)C(=O)N(Cc2ccccc2Br)OC1Cl. The number of hydrogen-bond acceptors (Lipinski definition) is 2. The van der Waals surface area contributed by atoms with Crippen molar-refractivity contribution in [2.75, 3.05) is 0 Å². The molecule has 2 rings (SSSR count). The molecule has 1 heterocycles. The molecule has 1 saturated heterocycles. The Morgan fingerprint density at radius 2 is 2.12 bits per heavy atom. The Balaban J connectivity index is 2.17. The van der Waals surface area contributed by atoms with Gasteiger partial charge in [0.1, 0.15) is 0 Å². The van der Waals surface area contributed by atoms with Crippen LogP contribution in [0.3, 0.4) is 0 Å². The summed E-state index contributed by atoms with van der Waals surface area (Å²) in [5, 5.41) is 1.33. The fourth-order valence-corrected chi connectivity index (χ4v) is 2.20. The first-order valence-corrected chi connectivity index (χ1v) is 6.52. The van der Waals surface area contributed by atoms with E-state index in [1.54, 1.807) is 13.8 Å². The summed E-state index contributed by atoms with van der Waals surface area (Å²) in [6.07, 6.45) is 0. The second kappa shape index (κ2) is 4.59. The van der Waals surface area contributed by atoms with Gasteiger partial charge in [0.15, 0.2) is 5.56 Å². The first-order chi connectivity index (χ1) is 7.93. The smallest absolute Gasteiger partial charge is 0.256 e. The molecule has 0 aliphatic carbocycles. The summed E-state index contributed by atoms with van der Waals surface area (Å²) in [5.41, 5.74) is -0.303. The minimum atomic E-state index is -0.678. The van der Waals surface area contributed by atoms with Crippen molar-refractivity contribution < 1.29 is 9.63 Å². The van der Waals surface area contributed by atoms with Gasteiger partial charge in [0.05, 0.1) is 12.0 Å². The van der Waals surface area contributed by atoms with Crippen LogP contribution >= 0.6 is 27.5 Å². The number of rotatable bonds is 2. The second-order valence-electron chi connectivity index (χ2n) is 4.58. The summed E-state index contributed by atoms with van der Waals surface area (Å²) in [6.45, 7) is 3.97. The molecule has 17 heavy (non-hydrogen) atoms. The molecule has 1 aromatic carbocycles. The van der Waals surface area contributed by atoms with Gasteiger partial charge < -0.3 is 0 Å². The van der Waals surface area contributed by atoms with E-state index in [0.717, 1.165) is 10.0 Å². The Morgan fingerprint density at radius 3 is 2.65 bits per heavy atom. The first kappa shape index (κ1) is 12.9. The summed E-state index contributed by atoms with van der Waals surface area (Å²) in [5.74, 6) is -0.0896. The zero-order valence-electron chi connectivity index (χ0n) is 9.61. The van der Waals surface area contributed by atoms with Gasteiger partial charge in [0.2, 0.25) is 0 Å². The molecule has 0 radical (unpaired) electrons. The van der Waals surface area contributed by atoms with Gasteiger partial charge in [-0.2, -0.15) is 0 Å². The number of hydroxylamine groups is 2. The van der Waals surface area contributed by atoms with Gasteiger partial charge in [0.25, 0.3) is 5.91 Å². The zero-order chi connectivity index (χ0) is 12.6. The van der Waals surface area contributed by atoms with E-state index in [1.807, 2.05) is 24.3 Å². The molecule has 0 aromatic heterocycles. The van der Waals surface area contributed by atoms with Crippen molar-refractivity contribution in [3.05, 3.63) is 34.3 Å². The van der Waals surface area contributed by atoms with Gasteiger partial charge in [-0.15, -0.1) is 0 Å². The van der Waals surface area contributed by atoms with Gasteiger partial charge in [-0.05, 0) is 25.5 Å². The molecule has 3 nitrogen and oxygen atoms in total. The predicted molar refractivity (Wildman–Crippen MR) is 69.2 cm³/mol. The maximum Gasteiger partial charge on any atom is 0.256 e. The van der Waals surface area contributed by atoms with E-state index in [2.05, 4.69) is 15.9 Å². The molecule has 1 aromatic rings. The number of carbonyl (C=O) groups excluding carboxylic acids is 1. The lowest BCUT2D eigenvalue weighted by molar-refractivity contribution is -0.168. The van der Waals surface area contributed by atoms with Crippen LogP contribution in [0.5, 0.6) is 0 Å². The number of amides is 1. The number of benzene rings is 1. The highest BCUT2D eigenvalue weighted by atomic mass is 79.9. The standard InChI is InChI=1S/C12H13BrClNO2/c1-12(2)10(14)17-15(11(12)16)7-8-5-3-4-6-9(8)13/h3-6,10H,7H2,1-2H3. The van der Waals surface area contributed by atoms with Crippen LogP contribution in [0.1, 0.15) is 19.4 Å². The van der Waals surface area contributed by atoms with Crippen LogP contribution in [-0.2, 0) is 16.2 Å². The van der Waals surface area contributed by atoms with Gasteiger partial charge >= 0.3 is 0 Å². The Labute approximate surface area is 114 Å². The fraction of sp³-hybridized carbons (Fsp3) is 0.417. The number of alkyl halides is 1. The zero-order valence-corrected chi connectivity index (χ0v) is 12.0. The van der Waals surface area contributed by atoms with Crippen LogP contribution in [0, 0.1) is 5.41 Å². The van der Waals surface area contributed by atoms with E-state index in [1.165, 1.54) is 5.06 Å².